The van der Waals surface area contributed by atoms with Crippen LogP contribution in [0.5, 0.6) is 11.5 Å². The van der Waals surface area contributed by atoms with E-state index in [0.29, 0.717) is 0 Å². The highest BCUT2D eigenvalue weighted by Crippen LogP contribution is 2.29. The van der Waals surface area contributed by atoms with E-state index in [9.17, 15) is 36.5 Å². The number of hydrogen-bond acceptors (Lipinski definition) is 7. The zero-order chi connectivity index (χ0) is 24.4. The van der Waals surface area contributed by atoms with E-state index in [1.54, 1.807) is 0 Å². The van der Waals surface area contributed by atoms with Crippen molar-refractivity contribution in [1.29, 1.82) is 0 Å². The Hall–Kier alpha value is -3.39. The van der Waals surface area contributed by atoms with Crippen molar-refractivity contribution in [1.82, 2.24) is 9.21 Å². The molecule has 33 heavy (non-hydrogen) atoms. The summed E-state index contributed by atoms with van der Waals surface area (Å²) >= 11 is 0. The molecular formula is C19H18F3N3O7S. The number of carbonyl (C=O) groups excluding carboxylic acids is 1. The highest BCUT2D eigenvalue weighted by atomic mass is 32.2. The number of nitrogens with zero attached hydrogens (tertiary/aromatic N) is 3. The van der Waals surface area contributed by atoms with Gasteiger partial charge in [0.25, 0.3) is 5.91 Å². The summed E-state index contributed by atoms with van der Waals surface area (Å²) in [5.74, 6) is -1.06. The summed E-state index contributed by atoms with van der Waals surface area (Å²) in [5, 5.41) is 11.2. The van der Waals surface area contributed by atoms with Crippen LogP contribution in [0.25, 0.3) is 0 Å². The highest BCUT2D eigenvalue weighted by molar-refractivity contribution is 7.89. The van der Waals surface area contributed by atoms with E-state index in [1.807, 2.05) is 0 Å². The fraction of sp³-hybridized carbons (Fsp3) is 0.316. The van der Waals surface area contributed by atoms with Gasteiger partial charge in [-0.1, -0.05) is 0 Å². The minimum absolute atomic E-state index is 0.000820. The summed E-state index contributed by atoms with van der Waals surface area (Å²) in [5.41, 5.74) is -0.318. The van der Waals surface area contributed by atoms with Crippen LogP contribution in [0.2, 0.25) is 0 Å². The second-order valence-corrected chi connectivity index (χ2v) is 8.80. The monoisotopic (exact) mass is 489 g/mol. The highest BCUT2D eigenvalue weighted by Gasteiger charge is 2.33. The third kappa shape index (κ3) is 5.51. The van der Waals surface area contributed by atoms with Gasteiger partial charge < -0.3 is 14.4 Å². The van der Waals surface area contributed by atoms with Gasteiger partial charge >= 0.3 is 12.0 Å². The molecule has 1 fully saturated rings. The maximum atomic E-state index is 12.8. The lowest BCUT2D eigenvalue weighted by atomic mass is 10.1. The molecule has 1 aliphatic rings. The van der Waals surface area contributed by atoms with Gasteiger partial charge in [0.05, 0.1) is 16.9 Å². The summed E-state index contributed by atoms with van der Waals surface area (Å²) in [4.78, 5) is 24.4. The van der Waals surface area contributed by atoms with E-state index in [4.69, 9.17) is 4.74 Å². The molecule has 3 rings (SSSR count). The Balaban J connectivity index is 1.68. The number of sulfonamides is 1. The van der Waals surface area contributed by atoms with Gasteiger partial charge in [0.15, 0.2) is 5.75 Å². The summed E-state index contributed by atoms with van der Waals surface area (Å²) in [7, 11) is -2.75. The van der Waals surface area contributed by atoms with E-state index in [1.165, 1.54) is 24.1 Å². The average molecular weight is 489 g/mol. The lowest BCUT2D eigenvalue weighted by Crippen LogP contribution is -2.50. The van der Waals surface area contributed by atoms with Crippen molar-refractivity contribution in [3.8, 4) is 11.5 Å². The van der Waals surface area contributed by atoms with E-state index < -0.39 is 33.0 Å². The smallest absolute Gasteiger partial charge is 0.490 e. The number of alkyl halides is 3. The standard InChI is InChI=1S/C19H18F3N3O7S/c1-31-17-7-2-13(12-16(17)25(27)28)18(26)23-8-10-24(11-9-23)33(29,30)15-5-3-14(4-6-15)32-19(20,21)22/h2-7,12H,8-11H2,1H3. The predicted molar refractivity (Wildman–Crippen MR) is 107 cm³/mol. The fourth-order valence-electron chi connectivity index (χ4n) is 3.24. The number of nitro benzene ring substituents is 1. The van der Waals surface area contributed by atoms with Crippen LogP contribution < -0.4 is 9.47 Å². The van der Waals surface area contributed by atoms with Gasteiger partial charge in [-0.05, 0) is 36.4 Å². The van der Waals surface area contributed by atoms with E-state index in [-0.39, 0.29) is 48.1 Å². The molecule has 14 heteroatoms. The van der Waals surface area contributed by atoms with Crippen LogP contribution in [0.15, 0.2) is 47.4 Å². The van der Waals surface area contributed by atoms with Crippen molar-refractivity contribution in [3.63, 3.8) is 0 Å². The molecule has 1 amide bonds. The lowest BCUT2D eigenvalue weighted by Gasteiger charge is -2.34. The maximum Gasteiger partial charge on any atom is 0.573 e. The van der Waals surface area contributed by atoms with Crippen LogP contribution in [0.3, 0.4) is 0 Å². The number of benzene rings is 2. The summed E-state index contributed by atoms with van der Waals surface area (Å²) < 4.78 is 72.1. The normalized spacial score (nSPS) is 15.2. The first-order valence-corrected chi connectivity index (χ1v) is 10.8. The SMILES string of the molecule is COc1ccc(C(=O)N2CCN(S(=O)(=O)c3ccc(OC(F)(F)F)cc3)CC2)cc1[N+](=O)[O-]. The number of methoxy groups -OCH3 is 1. The van der Waals surface area contributed by atoms with Crippen LogP contribution >= 0.6 is 0 Å². The summed E-state index contributed by atoms with van der Waals surface area (Å²) in [6.07, 6.45) is -4.90. The minimum Gasteiger partial charge on any atom is -0.490 e. The molecule has 1 aliphatic heterocycles. The first-order chi connectivity index (χ1) is 15.4. The topological polar surface area (TPSA) is 119 Å². The molecule has 0 atom stereocenters. The zero-order valence-electron chi connectivity index (χ0n) is 17.1. The Morgan fingerprint density at radius 1 is 1.06 bits per heavy atom. The lowest BCUT2D eigenvalue weighted by molar-refractivity contribution is -0.385. The van der Waals surface area contributed by atoms with Crippen molar-refractivity contribution in [2.75, 3.05) is 33.3 Å². The Kier molecular flexibility index (Phi) is 6.78. The van der Waals surface area contributed by atoms with E-state index in [2.05, 4.69) is 4.74 Å². The molecule has 0 bridgehead atoms. The Morgan fingerprint density at radius 2 is 1.67 bits per heavy atom. The van der Waals surface area contributed by atoms with Crippen molar-refractivity contribution >= 4 is 21.6 Å². The van der Waals surface area contributed by atoms with Crippen molar-refractivity contribution in [2.24, 2.45) is 0 Å². The van der Waals surface area contributed by atoms with Crippen LogP contribution in [0, 0.1) is 10.1 Å². The quantitative estimate of drug-likeness (QED) is 0.452. The minimum atomic E-state index is -4.90. The number of hydrogen-bond donors (Lipinski definition) is 0. The Bertz CT molecular complexity index is 1150. The third-order valence-electron chi connectivity index (χ3n) is 4.84. The van der Waals surface area contributed by atoms with Gasteiger partial charge in [0, 0.05) is 37.8 Å². The van der Waals surface area contributed by atoms with Crippen LogP contribution in [-0.2, 0) is 10.0 Å². The number of piperazine rings is 1. The second-order valence-electron chi connectivity index (χ2n) is 6.86. The molecule has 0 aliphatic carbocycles. The Labute approximate surface area is 186 Å². The Morgan fingerprint density at radius 3 is 2.18 bits per heavy atom. The molecule has 2 aromatic rings. The third-order valence-corrected chi connectivity index (χ3v) is 6.76. The van der Waals surface area contributed by atoms with Crippen molar-refractivity contribution in [2.45, 2.75) is 11.3 Å². The largest absolute Gasteiger partial charge is 0.573 e. The molecule has 0 radical (unpaired) electrons. The van der Waals surface area contributed by atoms with Gasteiger partial charge in [0.2, 0.25) is 10.0 Å². The molecule has 2 aromatic carbocycles. The summed E-state index contributed by atoms with van der Waals surface area (Å²) in [6, 6.07) is 7.58. The number of halogens is 3. The van der Waals surface area contributed by atoms with Gasteiger partial charge in [0.1, 0.15) is 5.75 Å². The van der Waals surface area contributed by atoms with Crippen LogP contribution in [0.4, 0.5) is 18.9 Å². The number of amides is 1. The van der Waals surface area contributed by atoms with Gasteiger partial charge in [-0.2, -0.15) is 4.31 Å². The van der Waals surface area contributed by atoms with Crippen LogP contribution in [0.1, 0.15) is 10.4 Å². The zero-order valence-corrected chi connectivity index (χ0v) is 17.9. The second kappa shape index (κ2) is 9.23. The van der Waals surface area contributed by atoms with Gasteiger partial charge in [-0.3, -0.25) is 14.9 Å². The van der Waals surface area contributed by atoms with Crippen LogP contribution in [-0.4, -0.2) is 68.1 Å². The molecule has 178 valence electrons. The fourth-order valence-corrected chi connectivity index (χ4v) is 4.66. The van der Waals surface area contributed by atoms with E-state index >= 15 is 0 Å². The number of carbonyl (C=O) groups is 1. The maximum absolute atomic E-state index is 12.8. The van der Waals surface area contributed by atoms with Crippen molar-refractivity contribution < 1.29 is 40.8 Å². The molecule has 0 aromatic heterocycles. The van der Waals surface area contributed by atoms with Gasteiger partial charge in [-0.15, -0.1) is 13.2 Å². The molecule has 1 heterocycles. The molecular weight excluding hydrogens is 471 g/mol. The van der Waals surface area contributed by atoms with Crippen molar-refractivity contribution in [3.05, 3.63) is 58.1 Å². The summed E-state index contributed by atoms with van der Waals surface area (Å²) in [6.45, 7) is -0.0828. The molecule has 0 N–H and O–H groups in total. The molecule has 0 spiro atoms. The number of ether oxygens (including phenoxy) is 2. The van der Waals surface area contributed by atoms with Gasteiger partial charge in [-0.25, -0.2) is 8.42 Å². The average Bonchev–Trinajstić information content (AvgIpc) is 2.77. The first kappa shape index (κ1) is 24.3. The predicted octanol–water partition coefficient (Wildman–Crippen LogP) is 2.65. The molecule has 0 unspecified atom stereocenters. The first-order valence-electron chi connectivity index (χ1n) is 9.40. The number of nitro groups is 1. The molecule has 1 saturated heterocycles. The molecule has 0 saturated carbocycles. The number of rotatable bonds is 6. The van der Waals surface area contributed by atoms with E-state index in [0.717, 1.165) is 34.6 Å². The molecule has 10 nitrogen and oxygen atoms in total.